The minimum absolute atomic E-state index is 0.0214. The van der Waals surface area contributed by atoms with Gasteiger partial charge >= 0.3 is 11.9 Å². The van der Waals surface area contributed by atoms with Crippen molar-refractivity contribution < 1.29 is 43.7 Å². The van der Waals surface area contributed by atoms with Gasteiger partial charge in [-0.05, 0) is 127 Å². The number of benzene rings is 4. The van der Waals surface area contributed by atoms with Crippen molar-refractivity contribution in [2.45, 2.75) is 76.6 Å². The van der Waals surface area contributed by atoms with Gasteiger partial charge in [-0.15, -0.1) is 0 Å². The topological polar surface area (TPSA) is 182 Å². The highest BCUT2D eigenvalue weighted by molar-refractivity contribution is 6.01. The second kappa shape index (κ2) is 16.6. The van der Waals surface area contributed by atoms with E-state index in [1.54, 1.807) is 24.3 Å². The number of ketones is 2. The zero-order valence-electron chi connectivity index (χ0n) is 34.5. The summed E-state index contributed by atoms with van der Waals surface area (Å²) in [5, 5.41) is 28.8. The van der Waals surface area contributed by atoms with E-state index in [1.165, 1.54) is 24.3 Å². The number of nitrogens with one attached hydrogen (secondary N) is 1. The maximum Gasteiger partial charge on any atom is 0.338 e. The number of allylic oxidation sites excluding steroid dienone is 4. The van der Waals surface area contributed by atoms with Crippen molar-refractivity contribution >= 4 is 45.9 Å². The number of nitrogens with two attached hydrogens (primary N) is 1. The van der Waals surface area contributed by atoms with Crippen molar-refractivity contribution in [3.05, 3.63) is 137 Å². The fraction of sp³-hybridized carbons (Fsp3) is 0.380. The number of carbonyl (C=O) groups is 5. The van der Waals surface area contributed by atoms with Crippen LogP contribution in [0.3, 0.4) is 0 Å². The number of Topliss-reactive ketones (excluding diaryl/α,β-unsaturated/α-hetero) is 1. The van der Waals surface area contributed by atoms with Crippen molar-refractivity contribution in [2.75, 3.05) is 18.5 Å². The summed E-state index contributed by atoms with van der Waals surface area (Å²) in [5.41, 5.74) is 6.27. The van der Waals surface area contributed by atoms with E-state index in [-0.39, 0.29) is 60.0 Å². The number of esters is 2. The average Bonchev–Trinajstić information content (AvgIpc) is 3.53. The van der Waals surface area contributed by atoms with Gasteiger partial charge in [-0.25, -0.2) is 9.59 Å². The van der Waals surface area contributed by atoms with Crippen molar-refractivity contribution in [3.8, 4) is 0 Å². The minimum atomic E-state index is -1.79. The zero-order chi connectivity index (χ0) is 43.1. The van der Waals surface area contributed by atoms with Crippen LogP contribution in [0, 0.1) is 28.6 Å². The molecule has 11 heteroatoms. The van der Waals surface area contributed by atoms with E-state index in [2.05, 4.69) is 12.2 Å². The lowest BCUT2D eigenvalue weighted by molar-refractivity contribution is -0.178. The number of amides is 1. The molecule has 0 aromatic heterocycles. The summed E-state index contributed by atoms with van der Waals surface area (Å²) in [7, 11) is 0. The van der Waals surface area contributed by atoms with Gasteiger partial charge in [0.2, 0.25) is 11.7 Å². The van der Waals surface area contributed by atoms with Gasteiger partial charge in [0.15, 0.2) is 12.4 Å². The molecule has 4 aromatic carbocycles. The normalized spacial score (nSPS) is 28.1. The van der Waals surface area contributed by atoms with Gasteiger partial charge in [0.05, 0.1) is 23.1 Å². The van der Waals surface area contributed by atoms with Crippen LogP contribution in [0.15, 0.2) is 115 Å². The lowest BCUT2D eigenvalue weighted by Crippen LogP contribution is -2.61. The first-order valence-electron chi connectivity index (χ1n) is 21.1. The van der Waals surface area contributed by atoms with Gasteiger partial charge in [-0.2, -0.15) is 0 Å². The number of carbonyl (C=O) groups excluding carboxylic acids is 5. The molecular weight excluding hydrogens is 773 g/mol. The van der Waals surface area contributed by atoms with E-state index in [4.69, 9.17) is 15.2 Å². The van der Waals surface area contributed by atoms with Crippen LogP contribution in [-0.4, -0.2) is 64.5 Å². The molecule has 316 valence electrons. The fourth-order valence-electron chi connectivity index (χ4n) is 11.1. The van der Waals surface area contributed by atoms with Gasteiger partial charge in [0.25, 0.3) is 0 Å². The molecule has 8 rings (SSSR count). The molecule has 3 saturated carbocycles. The summed E-state index contributed by atoms with van der Waals surface area (Å²) >= 11 is 0. The number of aliphatic hydroxyl groups is 2. The molecule has 3 fully saturated rings. The third kappa shape index (κ3) is 7.75. The van der Waals surface area contributed by atoms with Crippen molar-refractivity contribution in [2.24, 2.45) is 34.3 Å². The molecule has 4 aliphatic rings. The van der Waals surface area contributed by atoms with Gasteiger partial charge in [-0.1, -0.05) is 80.1 Å². The Morgan fingerprint density at radius 2 is 1.57 bits per heavy atom. The molecule has 8 atom stereocenters. The molecule has 5 N–H and O–H groups in total. The lowest BCUT2D eigenvalue weighted by atomic mass is 9.46. The quantitative estimate of drug-likeness (QED) is 0.109. The summed E-state index contributed by atoms with van der Waals surface area (Å²) in [4.78, 5) is 65.3. The van der Waals surface area contributed by atoms with Crippen LogP contribution in [-0.2, 0) is 30.5 Å². The largest absolute Gasteiger partial charge is 0.457 e. The first-order valence-corrected chi connectivity index (χ1v) is 21.1. The minimum Gasteiger partial charge on any atom is -0.457 e. The van der Waals surface area contributed by atoms with E-state index in [1.807, 2.05) is 67.6 Å². The highest BCUT2D eigenvalue weighted by atomic mass is 16.5. The molecule has 1 unspecified atom stereocenters. The third-order valence-electron chi connectivity index (χ3n) is 14.3. The summed E-state index contributed by atoms with van der Waals surface area (Å²) in [6.45, 7) is 3.61. The van der Waals surface area contributed by atoms with E-state index in [0.717, 1.165) is 28.3 Å². The fourth-order valence-corrected chi connectivity index (χ4v) is 11.1. The van der Waals surface area contributed by atoms with Crippen molar-refractivity contribution in [1.82, 2.24) is 0 Å². The maximum absolute atomic E-state index is 13.8. The molecule has 4 aromatic rings. The van der Waals surface area contributed by atoms with Crippen LogP contribution < -0.4 is 11.1 Å². The maximum atomic E-state index is 13.8. The molecule has 11 nitrogen and oxygen atoms in total. The Labute approximate surface area is 355 Å². The number of fused-ring (bicyclic) bond motifs is 6. The van der Waals surface area contributed by atoms with Crippen molar-refractivity contribution in [1.29, 1.82) is 0 Å². The molecular formula is C50H52N2O9. The van der Waals surface area contributed by atoms with Crippen LogP contribution in [0.2, 0.25) is 0 Å². The molecule has 1 amide bonds. The Bertz CT molecular complexity index is 2440. The lowest BCUT2D eigenvalue weighted by Gasteiger charge is -2.59. The molecule has 0 spiro atoms. The number of hydrogen-bond acceptors (Lipinski definition) is 10. The zero-order valence-corrected chi connectivity index (χ0v) is 34.5. The predicted octanol–water partition coefficient (Wildman–Crippen LogP) is 7.00. The Kier molecular flexibility index (Phi) is 11.4. The molecule has 0 radical (unpaired) electrons. The molecule has 0 heterocycles. The van der Waals surface area contributed by atoms with Crippen molar-refractivity contribution in [3.63, 3.8) is 0 Å². The van der Waals surface area contributed by atoms with E-state index >= 15 is 0 Å². The highest BCUT2D eigenvalue weighted by Gasteiger charge is 2.68. The van der Waals surface area contributed by atoms with Gasteiger partial charge in [0, 0.05) is 22.4 Å². The average molecular weight is 825 g/mol. The summed E-state index contributed by atoms with van der Waals surface area (Å²) in [6, 6.07) is 26.7. The summed E-state index contributed by atoms with van der Waals surface area (Å²) in [5.74, 6) is -2.80. The monoisotopic (exact) mass is 824 g/mol. The number of anilines is 1. The smallest absolute Gasteiger partial charge is 0.338 e. The van der Waals surface area contributed by atoms with Crippen LogP contribution in [0.1, 0.15) is 90.1 Å². The van der Waals surface area contributed by atoms with Gasteiger partial charge < -0.3 is 30.7 Å². The second-order valence-electron chi connectivity index (χ2n) is 17.7. The molecule has 0 aliphatic heterocycles. The van der Waals surface area contributed by atoms with Gasteiger partial charge in [-0.3, -0.25) is 14.4 Å². The number of ether oxygens (including phenoxy) is 2. The van der Waals surface area contributed by atoms with Gasteiger partial charge in [0.1, 0.15) is 12.2 Å². The second-order valence-corrected chi connectivity index (χ2v) is 17.7. The molecule has 0 bridgehead atoms. The van der Waals surface area contributed by atoms with E-state index < -0.39 is 52.8 Å². The van der Waals surface area contributed by atoms with E-state index in [0.29, 0.717) is 37.1 Å². The Hall–Kier alpha value is -5.75. The number of hydrogen-bond donors (Lipinski definition) is 4. The molecule has 61 heavy (non-hydrogen) atoms. The Morgan fingerprint density at radius 1 is 0.885 bits per heavy atom. The standard InChI is InChI=1S/C50H52N2O9/c1-48-22-19-38(53)26-36(48)16-18-40-41-20-23-50(59,49(41,2)27-42(54)44(40)48)43(55)29-61-47(58)34-13-11-33(12-14-34)46(57)60-28-30-7-9-32(10-8-30)39(21-24-51)45(56)52-37-17-15-31-5-3-4-6-35(31)25-37/h3-15,17,19,22,25-26,39-42,44,54,59H,16,18,20-21,23-24,27-29,51H2,1-2H3,(H,52,56)/t39?,40-,41-,42-,44+,48-,49-,50-/m0/s1. The number of rotatable bonds is 12. The van der Waals surface area contributed by atoms with Crippen LogP contribution in [0.4, 0.5) is 5.69 Å². The van der Waals surface area contributed by atoms with E-state index in [9.17, 15) is 34.2 Å². The first kappa shape index (κ1) is 42.0. The van der Waals surface area contributed by atoms with Crippen LogP contribution in [0.5, 0.6) is 0 Å². The predicted molar refractivity (Wildman–Crippen MR) is 229 cm³/mol. The van der Waals surface area contributed by atoms with Crippen LogP contribution in [0.25, 0.3) is 10.8 Å². The summed E-state index contributed by atoms with van der Waals surface area (Å²) < 4.78 is 11.0. The Morgan fingerprint density at radius 3 is 2.28 bits per heavy atom. The number of aliphatic hydroxyl groups excluding tert-OH is 1. The summed E-state index contributed by atoms with van der Waals surface area (Å²) in [6.07, 6.45) is 7.33. The third-order valence-corrected chi connectivity index (χ3v) is 14.3. The molecule has 4 aliphatic carbocycles. The first-order chi connectivity index (χ1) is 29.2. The SMILES string of the molecule is C[C@]12C=CC(=O)C=C1CC[C@@H]1[C@@H]2[C@@H](O)C[C@@]2(C)[C@H]1CC[C@]2(O)C(=O)COC(=O)c1ccc(C(=O)OCc2ccc(C(CCN)C(=O)Nc3ccc4ccccc4c3)cc2)cc1. The highest BCUT2D eigenvalue weighted by Crippen LogP contribution is 2.67. The van der Waals surface area contributed by atoms with Crippen LogP contribution >= 0.6 is 0 Å². The Balaban J connectivity index is 0.835. The molecule has 0 saturated heterocycles.